The number of rotatable bonds is 3. The monoisotopic (exact) mass is 359 g/mol. The molecule has 0 radical (unpaired) electrons. The van der Waals surface area contributed by atoms with E-state index in [0.29, 0.717) is 22.8 Å². The van der Waals surface area contributed by atoms with Crippen LogP contribution in [-0.2, 0) is 0 Å². The lowest BCUT2D eigenvalue weighted by atomic mass is 10.00. The molecule has 3 aromatic rings. The van der Waals surface area contributed by atoms with Crippen molar-refractivity contribution >= 4 is 17.2 Å². The van der Waals surface area contributed by atoms with Crippen molar-refractivity contribution in [3.63, 3.8) is 0 Å². The van der Waals surface area contributed by atoms with Gasteiger partial charge in [0, 0.05) is 16.7 Å². The van der Waals surface area contributed by atoms with Crippen LogP contribution < -0.4 is 10.2 Å². The van der Waals surface area contributed by atoms with E-state index in [-0.39, 0.29) is 5.82 Å². The third kappa shape index (κ3) is 3.44. The van der Waals surface area contributed by atoms with Crippen LogP contribution in [0.1, 0.15) is 22.3 Å². The van der Waals surface area contributed by atoms with Crippen LogP contribution >= 0.6 is 0 Å². The summed E-state index contributed by atoms with van der Waals surface area (Å²) in [4.78, 5) is 4.68. The number of nitrogens with one attached hydrogen (secondary N) is 1. The first-order chi connectivity index (χ1) is 13.1. The summed E-state index contributed by atoms with van der Waals surface area (Å²) >= 11 is 0. The highest BCUT2D eigenvalue weighted by molar-refractivity contribution is 6.18. The Bertz CT molecular complexity index is 1040. The van der Waals surface area contributed by atoms with Gasteiger partial charge in [0.1, 0.15) is 17.3 Å². The van der Waals surface area contributed by atoms with E-state index in [1.165, 1.54) is 12.1 Å². The van der Waals surface area contributed by atoms with E-state index in [1.54, 1.807) is 13.2 Å². The van der Waals surface area contributed by atoms with Gasteiger partial charge in [0.25, 0.3) is 0 Å². The average molecular weight is 359 g/mol. The standard InChI is InChI=1S/C22H18FN3O/c1-14-3-5-15(6-4-14)21-19-13-17(23)9-12-20(19)24-22(26-25-21)16-7-10-18(27-2)11-8-16/h3-13H,1-2H3,(H,24,26). The van der Waals surface area contributed by atoms with Gasteiger partial charge in [0.05, 0.1) is 12.8 Å². The zero-order valence-corrected chi connectivity index (χ0v) is 15.0. The summed E-state index contributed by atoms with van der Waals surface area (Å²) in [6, 6.07) is 20.0. The number of benzene rings is 3. The topological polar surface area (TPSA) is 46.0 Å². The predicted molar refractivity (Wildman–Crippen MR) is 106 cm³/mol. The van der Waals surface area contributed by atoms with Gasteiger partial charge in [-0.2, -0.15) is 5.10 Å². The normalized spacial score (nSPS) is 13.0. The molecule has 0 aliphatic carbocycles. The maximum absolute atomic E-state index is 13.9. The Morgan fingerprint density at radius 1 is 0.889 bits per heavy atom. The van der Waals surface area contributed by atoms with Gasteiger partial charge in [-0.1, -0.05) is 29.8 Å². The van der Waals surface area contributed by atoms with Gasteiger partial charge in [-0.3, -0.25) is 5.43 Å². The molecule has 0 aromatic heterocycles. The van der Waals surface area contributed by atoms with Gasteiger partial charge < -0.3 is 4.74 Å². The van der Waals surface area contributed by atoms with E-state index in [2.05, 4.69) is 15.5 Å². The average Bonchev–Trinajstić information content (AvgIpc) is 2.88. The van der Waals surface area contributed by atoms with E-state index in [1.807, 2.05) is 55.5 Å². The molecule has 4 nitrogen and oxygen atoms in total. The first-order valence-electron chi connectivity index (χ1n) is 8.58. The van der Waals surface area contributed by atoms with Crippen LogP contribution in [-0.4, -0.2) is 18.7 Å². The summed E-state index contributed by atoms with van der Waals surface area (Å²) in [5, 5.41) is 4.54. The molecular formula is C22H18FN3O. The molecule has 0 spiro atoms. The minimum atomic E-state index is -0.323. The van der Waals surface area contributed by atoms with Crippen molar-refractivity contribution in [3.8, 4) is 5.75 Å². The number of amidine groups is 1. The number of hydrogen-bond acceptors (Lipinski definition) is 4. The van der Waals surface area contributed by atoms with Gasteiger partial charge in [0.2, 0.25) is 0 Å². The Hall–Kier alpha value is -3.47. The molecule has 0 saturated carbocycles. The summed E-state index contributed by atoms with van der Waals surface area (Å²) < 4.78 is 19.2. The third-order valence-corrected chi connectivity index (χ3v) is 4.41. The van der Waals surface area contributed by atoms with Gasteiger partial charge in [-0.15, -0.1) is 0 Å². The fourth-order valence-corrected chi connectivity index (χ4v) is 2.92. The van der Waals surface area contributed by atoms with Crippen molar-refractivity contribution in [2.75, 3.05) is 7.11 Å². The van der Waals surface area contributed by atoms with Crippen molar-refractivity contribution in [2.24, 2.45) is 10.1 Å². The minimum absolute atomic E-state index is 0.323. The van der Waals surface area contributed by atoms with E-state index < -0.39 is 0 Å². The molecule has 27 heavy (non-hydrogen) atoms. The van der Waals surface area contributed by atoms with E-state index in [9.17, 15) is 4.39 Å². The Kier molecular flexibility index (Phi) is 4.42. The number of aryl methyl sites for hydroxylation is 1. The molecule has 5 heteroatoms. The number of fused-ring (bicyclic) bond motifs is 1. The molecule has 0 unspecified atom stereocenters. The minimum Gasteiger partial charge on any atom is -0.497 e. The van der Waals surface area contributed by atoms with Crippen molar-refractivity contribution < 1.29 is 9.13 Å². The molecule has 0 atom stereocenters. The summed E-state index contributed by atoms with van der Waals surface area (Å²) in [5.74, 6) is 1.03. The Morgan fingerprint density at radius 2 is 1.59 bits per heavy atom. The molecule has 1 N–H and O–H groups in total. The van der Waals surface area contributed by atoms with Crippen LogP contribution in [0.2, 0.25) is 0 Å². The largest absolute Gasteiger partial charge is 0.497 e. The van der Waals surface area contributed by atoms with Crippen molar-refractivity contribution in [1.29, 1.82) is 0 Å². The molecule has 3 aromatic carbocycles. The number of methoxy groups -OCH3 is 1. The van der Waals surface area contributed by atoms with Crippen LogP contribution in [0.3, 0.4) is 0 Å². The number of hydrazone groups is 1. The number of aliphatic imine (C=N–C) groups is 1. The zero-order chi connectivity index (χ0) is 18.8. The van der Waals surface area contributed by atoms with Crippen LogP contribution in [0.4, 0.5) is 10.1 Å². The second kappa shape index (κ2) is 7.03. The predicted octanol–water partition coefficient (Wildman–Crippen LogP) is 4.58. The SMILES string of the molecule is COc1ccc(C2=Nc3ccc(F)cc3C(c3ccc(C)cc3)=NN2)cc1. The quantitative estimate of drug-likeness (QED) is 0.744. The number of ether oxygens (including phenoxy) is 1. The summed E-state index contributed by atoms with van der Waals surface area (Å²) in [6.45, 7) is 2.02. The van der Waals surface area contributed by atoms with Crippen LogP contribution in [0, 0.1) is 12.7 Å². The van der Waals surface area contributed by atoms with Crippen LogP contribution in [0.15, 0.2) is 76.8 Å². The second-order valence-corrected chi connectivity index (χ2v) is 6.29. The lowest BCUT2D eigenvalue weighted by Crippen LogP contribution is -2.19. The van der Waals surface area contributed by atoms with Crippen LogP contribution in [0.25, 0.3) is 0 Å². The number of halogens is 1. The van der Waals surface area contributed by atoms with Crippen molar-refractivity contribution in [3.05, 3.63) is 94.8 Å². The maximum Gasteiger partial charge on any atom is 0.154 e. The van der Waals surface area contributed by atoms with Gasteiger partial charge >= 0.3 is 0 Å². The Balaban J connectivity index is 1.82. The lowest BCUT2D eigenvalue weighted by Gasteiger charge is -2.08. The first kappa shape index (κ1) is 17.0. The number of nitrogens with zero attached hydrogens (tertiary/aromatic N) is 2. The van der Waals surface area contributed by atoms with Gasteiger partial charge in [-0.25, -0.2) is 9.38 Å². The smallest absolute Gasteiger partial charge is 0.154 e. The molecule has 1 aliphatic rings. The van der Waals surface area contributed by atoms with Gasteiger partial charge in [0.15, 0.2) is 5.84 Å². The van der Waals surface area contributed by atoms with E-state index in [0.717, 1.165) is 22.4 Å². The first-order valence-corrected chi connectivity index (χ1v) is 8.58. The molecule has 134 valence electrons. The fourth-order valence-electron chi connectivity index (χ4n) is 2.92. The highest BCUT2D eigenvalue weighted by atomic mass is 19.1. The lowest BCUT2D eigenvalue weighted by molar-refractivity contribution is 0.415. The molecule has 0 bridgehead atoms. The molecule has 4 rings (SSSR count). The Morgan fingerprint density at radius 3 is 2.30 bits per heavy atom. The third-order valence-electron chi connectivity index (χ3n) is 4.41. The highest BCUT2D eigenvalue weighted by Crippen LogP contribution is 2.27. The van der Waals surface area contributed by atoms with Crippen molar-refractivity contribution in [1.82, 2.24) is 5.43 Å². The molecular weight excluding hydrogens is 341 g/mol. The highest BCUT2D eigenvalue weighted by Gasteiger charge is 2.18. The van der Waals surface area contributed by atoms with E-state index >= 15 is 0 Å². The number of hydrogen-bond donors (Lipinski definition) is 1. The van der Waals surface area contributed by atoms with Gasteiger partial charge in [-0.05, 0) is 49.4 Å². The molecule has 0 saturated heterocycles. The summed E-state index contributed by atoms with van der Waals surface area (Å²) in [6.07, 6.45) is 0. The van der Waals surface area contributed by atoms with E-state index in [4.69, 9.17) is 4.74 Å². The van der Waals surface area contributed by atoms with Crippen molar-refractivity contribution in [2.45, 2.75) is 6.92 Å². The maximum atomic E-state index is 13.9. The fraction of sp³-hybridized carbons (Fsp3) is 0.0909. The summed E-state index contributed by atoms with van der Waals surface area (Å²) in [7, 11) is 1.62. The zero-order valence-electron chi connectivity index (χ0n) is 15.0. The second-order valence-electron chi connectivity index (χ2n) is 6.29. The molecule has 1 aliphatic heterocycles. The molecule has 0 amide bonds. The Labute approximate surface area is 157 Å². The molecule has 0 fully saturated rings. The van der Waals surface area contributed by atoms with Crippen LogP contribution in [0.5, 0.6) is 5.75 Å². The molecule has 1 heterocycles. The summed E-state index contributed by atoms with van der Waals surface area (Å²) in [5.41, 5.74) is 7.90.